The highest BCUT2D eigenvalue weighted by Gasteiger charge is 2.22. The number of amides is 1. The normalized spacial score (nSPS) is 12.8. The van der Waals surface area contributed by atoms with Crippen molar-refractivity contribution in [1.29, 1.82) is 0 Å². The molecule has 0 aliphatic carbocycles. The van der Waals surface area contributed by atoms with Crippen molar-refractivity contribution in [1.82, 2.24) is 8.96 Å². The summed E-state index contributed by atoms with van der Waals surface area (Å²) in [4.78, 5) is 42.3. The summed E-state index contributed by atoms with van der Waals surface area (Å²) in [5.74, 6) is -1.62. The number of thiazole rings is 1. The molecule has 1 atom stereocenters. The molecule has 0 saturated heterocycles. The molecule has 0 spiro atoms. The zero-order chi connectivity index (χ0) is 30.0. The summed E-state index contributed by atoms with van der Waals surface area (Å²) >= 11 is 1.30. The van der Waals surface area contributed by atoms with Crippen LogP contribution in [0.15, 0.2) is 66.3 Å². The number of benzene rings is 1. The smallest absolute Gasteiger partial charge is 0.331 e. The van der Waals surface area contributed by atoms with E-state index in [-0.39, 0.29) is 43.3 Å². The standard InChI is InChI=1S/C29H35N3O7S2/c1-29(2,3)39-26(34)11-8-17-38-18-15-22(12-13-25(33)23-14-16-32(19-23)41(4,36)37)27(35)31-28-30-24(20-40-28)21-9-6-5-7-10-21/h5-11,14,16,19-20,22H,12-13,15,17-18H2,1-4H3,(H,30,31,35)/b11-8+/t22-/m0/s1. The molecule has 2 aromatic heterocycles. The van der Waals surface area contributed by atoms with Gasteiger partial charge in [0.25, 0.3) is 0 Å². The van der Waals surface area contributed by atoms with Crippen molar-refractivity contribution in [2.24, 2.45) is 5.92 Å². The first-order valence-corrected chi connectivity index (χ1v) is 15.8. The molecule has 3 aromatic rings. The number of carbonyl (C=O) groups is 3. The van der Waals surface area contributed by atoms with E-state index in [0.717, 1.165) is 21.5 Å². The van der Waals surface area contributed by atoms with Crippen molar-refractivity contribution in [3.05, 3.63) is 71.9 Å². The summed E-state index contributed by atoms with van der Waals surface area (Å²) in [5, 5.41) is 5.15. The van der Waals surface area contributed by atoms with Gasteiger partial charge in [-0.3, -0.25) is 13.6 Å². The van der Waals surface area contributed by atoms with Crippen molar-refractivity contribution in [3.8, 4) is 11.3 Å². The lowest BCUT2D eigenvalue weighted by Gasteiger charge is -2.18. The monoisotopic (exact) mass is 601 g/mol. The van der Waals surface area contributed by atoms with Crippen molar-refractivity contribution >= 4 is 44.2 Å². The highest BCUT2D eigenvalue weighted by atomic mass is 32.2. The third-order valence-electron chi connectivity index (χ3n) is 5.75. The number of nitrogens with one attached hydrogen (secondary N) is 1. The molecular formula is C29H35N3O7S2. The van der Waals surface area contributed by atoms with Crippen molar-refractivity contribution in [2.75, 3.05) is 24.8 Å². The van der Waals surface area contributed by atoms with E-state index in [0.29, 0.717) is 11.6 Å². The van der Waals surface area contributed by atoms with Gasteiger partial charge in [-0.2, -0.15) is 0 Å². The average molecular weight is 602 g/mol. The van der Waals surface area contributed by atoms with Crippen molar-refractivity contribution < 1.29 is 32.3 Å². The van der Waals surface area contributed by atoms with Crippen LogP contribution in [0.1, 0.15) is 50.4 Å². The number of carbonyl (C=O) groups excluding carboxylic acids is 3. The lowest BCUT2D eigenvalue weighted by molar-refractivity contribution is -0.148. The topological polar surface area (TPSA) is 134 Å². The van der Waals surface area contributed by atoms with E-state index < -0.39 is 27.5 Å². The molecule has 41 heavy (non-hydrogen) atoms. The van der Waals surface area contributed by atoms with Crippen molar-refractivity contribution in [2.45, 2.75) is 45.6 Å². The fourth-order valence-corrected chi connectivity index (χ4v) is 5.05. The van der Waals surface area contributed by atoms with Crippen LogP contribution in [-0.2, 0) is 29.1 Å². The number of ether oxygens (including phenoxy) is 2. The van der Waals surface area contributed by atoms with Gasteiger partial charge in [0.1, 0.15) is 5.60 Å². The second-order valence-electron chi connectivity index (χ2n) is 10.3. The number of ketones is 1. The van der Waals surface area contributed by atoms with Crippen LogP contribution in [0.2, 0.25) is 0 Å². The highest BCUT2D eigenvalue weighted by molar-refractivity contribution is 7.89. The predicted molar refractivity (Wildman–Crippen MR) is 158 cm³/mol. The Labute approximate surface area is 244 Å². The fourth-order valence-electron chi connectivity index (χ4n) is 3.74. The van der Waals surface area contributed by atoms with E-state index in [9.17, 15) is 22.8 Å². The largest absolute Gasteiger partial charge is 0.457 e. The van der Waals surface area contributed by atoms with E-state index in [1.165, 1.54) is 35.9 Å². The van der Waals surface area contributed by atoms with Gasteiger partial charge in [-0.05, 0) is 39.7 Å². The quantitative estimate of drug-likeness (QED) is 0.119. The minimum Gasteiger partial charge on any atom is -0.457 e. The maximum absolute atomic E-state index is 13.2. The lowest BCUT2D eigenvalue weighted by Crippen LogP contribution is -2.25. The number of aromatic nitrogens is 2. The SMILES string of the molecule is CC(C)(C)OC(=O)/C=C/COCC[C@H](CCC(=O)c1ccn(S(C)(=O)=O)c1)C(=O)Nc1nc(-c2ccccc2)cs1. The average Bonchev–Trinajstić information content (AvgIpc) is 3.57. The number of hydrogen-bond acceptors (Lipinski definition) is 9. The molecule has 0 fully saturated rings. The molecule has 1 aromatic carbocycles. The molecular weight excluding hydrogens is 566 g/mol. The zero-order valence-electron chi connectivity index (χ0n) is 23.5. The van der Waals surface area contributed by atoms with Crippen LogP contribution < -0.4 is 5.32 Å². The molecule has 3 rings (SSSR count). The molecule has 220 valence electrons. The first-order valence-electron chi connectivity index (χ1n) is 13.0. The van der Waals surface area contributed by atoms with Crippen LogP contribution in [-0.4, -0.2) is 60.1 Å². The second kappa shape index (κ2) is 14.3. The maximum Gasteiger partial charge on any atom is 0.331 e. The van der Waals surface area contributed by atoms with Crippen LogP contribution in [0.25, 0.3) is 11.3 Å². The van der Waals surface area contributed by atoms with E-state index in [4.69, 9.17) is 9.47 Å². The fraction of sp³-hybridized carbons (Fsp3) is 0.379. The zero-order valence-corrected chi connectivity index (χ0v) is 25.2. The highest BCUT2D eigenvalue weighted by Crippen LogP contribution is 2.26. The van der Waals surface area contributed by atoms with Gasteiger partial charge in [-0.15, -0.1) is 11.3 Å². The van der Waals surface area contributed by atoms with Gasteiger partial charge in [0.2, 0.25) is 15.9 Å². The third-order valence-corrected chi connectivity index (χ3v) is 7.50. The predicted octanol–water partition coefficient (Wildman–Crippen LogP) is 4.94. The van der Waals surface area contributed by atoms with Gasteiger partial charge < -0.3 is 14.8 Å². The van der Waals surface area contributed by atoms with Crippen LogP contribution >= 0.6 is 11.3 Å². The first kappa shape index (κ1) is 31.9. The summed E-state index contributed by atoms with van der Waals surface area (Å²) in [7, 11) is -3.50. The summed E-state index contributed by atoms with van der Waals surface area (Å²) < 4.78 is 35.2. The van der Waals surface area contributed by atoms with Crippen LogP contribution in [0, 0.1) is 5.92 Å². The Hall–Kier alpha value is -3.61. The number of hydrogen-bond donors (Lipinski definition) is 1. The summed E-state index contributed by atoms with van der Waals surface area (Å²) in [6.07, 6.45) is 7.06. The molecule has 0 aliphatic rings. The minimum absolute atomic E-state index is 0.0392. The molecule has 1 amide bonds. The number of nitrogens with zero attached hydrogens (tertiary/aromatic N) is 2. The molecule has 12 heteroatoms. The van der Waals surface area contributed by atoms with E-state index in [1.54, 1.807) is 26.8 Å². The maximum atomic E-state index is 13.2. The third kappa shape index (κ3) is 10.7. The van der Waals surface area contributed by atoms with Gasteiger partial charge in [0, 0.05) is 53.9 Å². The summed E-state index contributed by atoms with van der Waals surface area (Å²) in [5.41, 5.74) is 1.34. The molecule has 10 nitrogen and oxygen atoms in total. The molecule has 0 radical (unpaired) electrons. The van der Waals surface area contributed by atoms with Crippen LogP contribution in [0.3, 0.4) is 0 Å². The minimum atomic E-state index is -3.50. The van der Waals surface area contributed by atoms with Crippen molar-refractivity contribution in [3.63, 3.8) is 0 Å². The molecule has 0 unspecified atom stereocenters. The Bertz CT molecular complexity index is 1470. The Balaban J connectivity index is 1.60. The Morgan fingerprint density at radius 1 is 1.12 bits per heavy atom. The Kier molecular flexibility index (Phi) is 11.2. The van der Waals surface area contributed by atoms with Gasteiger partial charge in [0.05, 0.1) is 18.6 Å². The van der Waals surface area contributed by atoms with Crippen LogP contribution in [0.4, 0.5) is 5.13 Å². The van der Waals surface area contributed by atoms with Gasteiger partial charge in [-0.1, -0.05) is 36.4 Å². The Morgan fingerprint density at radius 3 is 2.51 bits per heavy atom. The van der Waals surface area contributed by atoms with Gasteiger partial charge in [0.15, 0.2) is 10.9 Å². The Morgan fingerprint density at radius 2 is 1.85 bits per heavy atom. The van der Waals surface area contributed by atoms with E-state index in [1.807, 2.05) is 35.7 Å². The van der Waals surface area contributed by atoms with Gasteiger partial charge >= 0.3 is 5.97 Å². The van der Waals surface area contributed by atoms with Gasteiger partial charge in [-0.25, -0.2) is 18.2 Å². The number of esters is 1. The van der Waals surface area contributed by atoms with E-state index in [2.05, 4.69) is 10.3 Å². The molecule has 2 heterocycles. The summed E-state index contributed by atoms with van der Waals surface area (Å²) in [6.45, 7) is 5.70. The molecule has 0 bridgehead atoms. The lowest BCUT2D eigenvalue weighted by atomic mass is 9.96. The molecule has 0 saturated carbocycles. The van der Waals surface area contributed by atoms with E-state index >= 15 is 0 Å². The number of Topliss-reactive ketones (excluding diaryl/α,β-unsaturated/α-hetero) is 1. The first-order chi connectivity index (χ1) is 19.3. The summed E-state index contributed by atoms with van der Waals surface area (Å²) in [6, 6.07) is 11.0. The molecule has 1 N–H and O–H groups in total. The van der Waals surface area contributed by atoms with Crippen LogP contribution in [0.5, 0.6) is 0 Å². The molecule has 0 aliphatic heterocycles. The second-order valence-corrected chi connectivity index (χ2v) is 13.1. The number of rotatable bonds is 14. The number of anilines is 1.